The van der Waals surface area contributed by atoms with Crippen molar-refractivity contribution in [2.45, 2.75) is 25.5 Å². The Balaban J connectivity index is 1.25. The van der Waals surface area contributed by atoms with Gasteiger partial charge in [-0.25, -0.2) is 4.39 Å². The Hall–Kier alpha value is -3.24. The Labute approximate surface area is 232 Å². The van der Waals surface area contributed by atoms with Gasteiger partial charge in [0, 0.05) is 56.8 Å². The van der Waals surface area contributed by atoms with Crippen LogP contribution in [0.5, 0.6) is 5.88 Å². The molecule has 1 atom stereocenters. The number of aromatic nitrogens is 3. The SMILES string of the molecule is CN1CCN(Cc2ccc(Nc3nc(OCC4CCCO4)c4c(-c5ccc(F)c(Cl)c5)c[nH]c4n3)cc2)CC1. The molecule has 39 heavy (non-hydrogen) atoms. The summed E-state index contributed by atoms with van der Waals surface area (Å²) in [5.74, 6) is 0.385. The van der Waals surface area contributed by atoms with E-state index in [1.807, 2.05) is 18.3 Å². The van der Waals surface area contributed by atoms with Crippen LogP contribution in [-0.2, 0) is 11.3 Å². The minimum absolute atomic E-state index is 0.0296. The van der Waals surface area contributed by atoms with Gasteiger partial charge < -0.3 is 24.7 Å². The van der Waals surface area contributed by atoms with Crippen LogP contribution in [-0.4, -0.2) is 77.3 Å². The standard InChI is InChI=1S/C29H32ClFN6O2/c1-36-10-12-37(13-11-36)17-19-4-7-21(8-5-19)33-29-34-27-26(28(35-29)39-18-22-3-2-14-38-22)23(16-32-27)20-6-9-25(31)24(30)15-20/h4-9,15-16,22H,2-3,10-14,17-18H2,1H3,(H2,32,33,34,35). The molecular formula is C29H32ClFN6O2. The van der Waals surface area contributed by atoms with Crippen LogP contribution in [0.4, 0.5) is 16.0 Å². The van der Waals surface area contributed by atoms with Crippen molar-refractivity contribution in [2.24, 2.45) is 0 Å². The molecule has 0 aliphatic carbocycles. The number of likely N-dealkylation sites (N-methyl/N-ethyl adjacent to an activating group) is 1. The zero-order valence-corrected chi connectivity index (χ0v) is 22.7. The fraction of sp³-hybridized carbons (Fsp3) is 0.379. The van der Waals surface area contributed by atoms with Crippen LogP contribution in [0.15, 0.2) is 48.7 Å². The van der Waals surface area contributed by atoms with E-state index in [1.54, 1.807) is 12.1 Å². The third kappa shape index (κ3) is 6.01. The number of rotatable bonds is 8. The maximum atomic E-state index is 13.8. The molecule has 0 radical (unpaired) electrons. The summed E-state index contributed by atoms with van der Waals surface area (Å²) >= 11 is 6.08. The van der Waals surface area contributed by atoms with Crippen molar-refractivity contribution in [3.05, 3.63) is 65.1 Å². The highest BCUT2D eigenvalue weighted by atomic mass is 35.5. The molecule has 2 aromatic heterocycles. The van der Waals surface area contributed by atoms with Crippen molar-refractivity contribution < 1.29 is 13.9 Å². The average Bonchev–Trinajstić information content (AvgIpc) is 3.62. The van der Waals surface area contributed by atoms with E-state index < -0.39 is 5.82 Å². The summed E-state index contributed by atoms with van der Waals surface area (Å²) in [6.45, 7) is 6.45. The van der Waals surface area contributed by atoms with Gasteiger partial charge in [-0.15, -0.1) is 0 Å². The van der Waals surface area contributed by atoms with Crippen LogP contribution < -0.4 is 10.1 Å². The first kappa shape index (κ1) is 26.0. The lowest BCUT2D eigenvalue weighted by molar-refractivity contribution is 0.0670. The summed E-state index contributed by atoms with van der Waals surface area (Å²) in [7, 11) is 2.17. The number of fused-ring (bicyclic) bond motifs is 1. The third-order valence-electron chi connectivity index (χ3n) is 7.37. The first-order valence-electron chi connectivity index (χ1n) is 13.4. The van der Waals surface area contributed by atoms with E-state index in [1.165, 1.54) is 11.6 Å². The summed E-state index contributed by atoms with van der Waals surface area (Å²) in [5, 5.41) is 4.09. The summed E-state index contributed by atoms with van der Waals surface area (Å²) in [6.07, 6.45) is 3.82. The second-order valence-corrected chi connectivity index (χ2v) is 10.7. The molecule has 2 aliphatic heterocycles. The molecule has 0 bridgehead atoms. The number of ether oxygens (including phenoxy) is 2. The monoisotopic (exact) mass is 550 g/mol. The second kappa shape index (κ2) is 11.5. The number of H-pyrrole nitrogens is 1. The quantitative estimate of drug-likeness (QED) is 0.301. The molecule has 1 unspecified atom stereocenters. The predicted molar refractivity (Wildman–Crippen MR) is 151 cm³/mol. The van der Waals surface area contributed by atoms with Gasteiger partial charge in [0.1, 0.15) is 18.1 Å². The molecule has 2 saturated heterocycles. The molecule has 0 amide bonds. The Morgan fingerprint density at radius 1 is 1.13 bits per heavy atom. The minimum Gasteiger partial charge on any atom is -0.474 e. The van der Waals surface area contributed by atoms with E-state index in [2.05, 4.69) is 39.3 Å². The van der Waals surface area contributed by atoms with E-state index in [0.717, 1.165) is 69.0 Å². The van der Waals surface area contributed by atoms with Crippen LogP contribution >= 0.6 is 11.6 Å². The van der Waals surface area contributed by atoms with Crippen molar-refractivity contribution in [3.8, 4) is 17.0 Å². The Kier molecular flexibility index (Phi) is 7.65. The molecule has 4 heterocycles. The normalized spacial score (nSPS) is 18.6. The van der Waals surface area contributed by atoms with E-state index in [0.29, 0.717) is 29.5 Å². The number of nitrogens with zero attached hydrogens (tertiary/aromatic N) is 4. The van der Waals surface area contributed by atoms with Gasteiger partial charge in [0.25, 0.3) is 0 Å². The van der Waals surface area contributed by atoms with E-state index in [4.69, 9.17) is 31.0 Å². The largest absolute Gasteiger partial charge is 0.474 e. The number of piperazine rings is 1. The average molecular weight is 551 g/mol. The van der Waals surface area contributed by atoms with Crippen molar-refractivity contribution in [1.29, 1.82) is 0 Å². The van der Waals surface area contributed by atoms with Crippen molar-refractivity contribution in [3.63, 3.8) is 0 Å². The lowest BCUT2D eigenvalue weighted by atomic mass is 10.1. The molecule has 0 spiro atoms. The molecule has 8 nitrogen and oxygen atoms in total. The topological polar surface area (TPSA) is 78.5 Å². The molecule has 6 rings (SSSR count). The highest BCUT2D eigenvalue weighted by Gasteiger charge is 2.21. The van der Waals surface area contributed by atoms with Gasteiger partial charge in [-0.1, -0.05) is 29.8 Å². The maximum absolute atomic E-state index is 13.8. The molecule has 2 fully saturated rings. The van der Waals surface area contributed by atoms with E-state index in [9.17, 15) is 4.39 Å². The predicted octanol–water partition coefficient (Wildman–Crippen LogP) is 5.47. The summed E-state index contributed by atoms with van der Waals surface area (Å²) in [6, 6.07) is 13.0. The van der Waals surface area contributed by atoms with Gasteiger partial charge in [0.15, 0.2) is 0 Å². The Morgan fingerprint density at radius 2 is 1.95 bits per heavy atom. The van der Waals surface area contributed by atoms with Gasteiger partial charge >= 0.3 is 0 Å². The fourth-order valence-corrected chi connectivity index (χ4v) is 5.27. The first-order valence-corrected chi connectivity index (χ1v) is 13.8. The Morgan fingerprint density at radius 3 is 2.69 bits per heavy atom. The number of hydrogen-bond donors (Lipinski definition) is 2. The maximum Gasteiger partial charge on any atom is 0.232 e. The first-order chi connectivity index (χ1) is 19.0. The number of hydrogen-bond acceptors (Lipinski definition) is 7. The van der Waals surface area contributed by atoms with Gasteiger partial charge in [-0.3, -0.25) is 4.90 Å². The number of aromatic amines is 1. The van der Waals surface area contributed by atoms with E-state index in [-0.39, 0.29) is 11.1 Å². The Bertz CT molecular complexity index is 1430. The molecule has 10 heteroatoms. The molecule has 204 valence electrons. The summed E-state index contributed by atoms with van der Waals surface area (Å²) < 4.78 is 25.8. The van der Waals surface area contributed by atoms with Crippen molar-refractivity contribution in [1.82, 2.24) is 24.8 Å². The van der Waals surface area contributed by atoms with Crippen molar-refractivity contribution in [2.75, 3.05) is 51.8 Å². The molecule has 0 saturated carbocycles. The van der Waals surface area contributed by atoms with E-state index >= 15 is 0 Å². The van der Waals surface area contributed by atoms with Crippen LogP contribution in [0.1, 0.15) is 18.4 Å². The minimum atomic E-state index is -0.465. The molecule has 2 aromatic carbocycles. The van der Waals surface area contributed by atoms with Crippen LogP contribution in [0.25, 0.3) is 22.2 Å². The van der Waals surface area contributed by atoms with Crippen LogP contribution in [0.2, 0.25) is 5.02 Å². The molecule has 4 aromatic rings. The molecule has 2 aliphatic rings. The summed E-state index contributed by atoms with van der Waals surface area (Å²) in [4.78, 5) is 17.5. The van der Waals surface area contributed by atoms with Crippen LogP contribution in [0.3, 0.4) is 0 Å². The number of benzene rings is 2. The molecule has 2 N–H and O–H groups in total. The fourth-order valence-electron chi connectivity index (χ4n) is 5.09. The molecular weight excluding hydrogens is 519 g/mol. The van der Waals surface area contributed by atoms with Crippen LogP contribution in [0, 0.1) is 5.82 Å². The number of anilines is 2. The number of nitrogens with one attached hydrogen (secondary N) is 2. The highest BCUT2D eigenvalue weighted by molar-refractivity contribution is 6.31. The van der Waals surface area contributed by atoms with Gasteiger partial charge in [-0.2, -0.15) is 9.97 Å². The third-order valence-corrected chi connectivity index (χ3v) is 7.66. The number of halogens is 2. The van der Waals surface area contributed by atoms with Gasteiger partial charge in [0.2, 0.25) is 11.8 Å². The summed E-state index contributed by atoms with van der Waals surface area (Å²) in [5.41, 5.74) is 4.30. The zero-order chi connectivity index (χ0) is 26.8. The lowest BCUT2D eigenvalue weighted by Gasteiger charge is -2.32. The second-order valence-electron chi connectivity index (χ2n) is 10.3. The van der Waals surface area contributed by atoms with Crippen molar-refractivity contribution >= 4 is 34.3 Å². The van der Waals surface area contributed by atoms with Gasteiger partial charge in [0.05, 0.1) is 16.5 Å². The highest BCUT2D eigenvalue weighted by Crippen LogP contribution is 2.36. The smallest absolute Gasteiger partial charge is 0.232 e. The zero-order valence-electron chi connectivity index (χ0n) is 21.9. The lowest BCUT2D eigenvalue weighted by Crippen LogP contribution is -2.43. The van der Waals surface area contributed by atoms with Gasteiger partial charge in [-0.05, 0) is 55.3 Å².